The minimum Gasteiger partial charge on any atom is -0.447 e. The number of amides is 2. The number of hydrogen-bond donors (Lipinski definition) is 0. The van der Waals surface area contributed by atoms with E-state index in [9.17, 15) is 9.59 Å². The van der Waals surface area contributed by atoms with E-state index in [1.54, 1.807) is 19.9 Å². The Labute approximate surface area is 70.8 Å². The fourth-order valence-corrected chi connectivity index (χ4v) is 1.05. The van der Waals surface area contributed by atoms with Gasteiger partial charge in [-0.25, -0.2) is 9.69 Å². The second-order valence-corrected chi connectivity index (χ2v) is 2.63. The van der Waals surface area contributed by atoms with E-state index in [1.165, 1.54) is 6.08 Å². The van der Waals surface area contributed by atoms with Crippen molar-refractivity contribution in [3.63, 3.8) is 0 Å². The number of allylic oxidation sites excluding steroid dienone is 1. The average Bonchev–Trinajstić information content (AvgIpc) is 2.32. The number of hydrogen-bond acceptors (Lipinski definition) is 3. The van der Waals surface area contributed by atoms with E-state index < -0.39 is 6.09 Å². The van der Waals surface area contributed by atoms with Gasteiger partial charge in [-0.05, 0) is 19.9 Å². The lowest BCUT2D eigenvalue weighted by molar-refractivity contribution is -0.123. The number of carbonyl (C=O) groups excluding carboxylic acids is 2. The van der Waals surface area contributed by atoms with Crippen LogP contribution < -0.4 is 0 Å². The lowest BCUT2D eigenvalue weighted by Crippen LogP contribution is -2.35. The molecule has 1 rings (SSSR count). The summed E-state index contributed by atoms with van der Waals surface area (Å²) in [5.41, 5.74) is 0. The van der Waals surface area contributed by atoms with Crippen molar-refractivity contribution in [2.75, 3.05) is 6.61 Å². The molecule has 0 aliphatic carbocycles. The summed E-state index contributed by atoms with van der Waals surface area (Å²) in [6.45, 7) is 3.79. The zero-order valence-corrected chi connectivity index (χ0v) is 7.11. The highest BCUT2D eigenvalue weighted by Gasteiger charge is 2.33. The predicted octanol–water partition coefficient (Wildman–Crippen LogP) is 0.930. The molecule has 0 saturated carbocycles. The zero-order chi connectivity index (χ0) is 9.14. The molecule has 66 valence electrons. The largest absolute Gasteiger partial charge is 0.447 e. The van der Waals surface area contributed by atoms with Crippen LogP contribution in [0.2, 0.25) is 0 Å². The van der Waals surface area contributed by atoms with Gasteiger partial charge >= 0.3 is 6.09 Å². The maximum atomic E-state index is 11.2. The van der Waals surface area contributed by atoms with Crippen LogP contribution in [-0.4, -0.2) is 29.5 Å². The van der Waals surface area contributed by atoms with Crippen LogP contribution in [0.1, 0.15) is 13.8 Å². The minimum absolute atomic E-state index is 0.152. The van der Waals surface area contributed by atoms with Gasteiger partial charge in [0.1, 0.15) is 6.61 Å². The highest BCUT2D eigenvalue weighted by molar-refractivity contribution is 5.99. The normalized spacial score (nSPS) is 23.3. The molecule has 1 aliphatic rings. The molecule has 0 aromatic rings. The maximum absolute atomic E-state index is 11.2. The van der Waals surface area contributed by atoms with Gasteiger partial charge in [-0.3, -0.25) is 4.79 Å². The summed E-state index contributed by atoms with van der Waals surface area (Å²) in [7, 11) is 0. The molecule has 1 aliphatic heterocycles. The van der Waals surface area contributed by atoms with E-state index in [0.717, 1.165) is 4.90 Å². The molecule has 0 aromatic carbocycles. The van der Waals surface area contributed by atoms with E-state index in [0.29, 0.717) is 6.61 Å². The van der Waals surface area contributed by atoms with Gasteiger partial charge in [0.2, 0.25) is 0 Å². The van der Waals surface area contributed by atoms with Crippen LogP contribution in [0, 0.1) is 0 Å². The lowest BCUT2D eigenvalue weighted by atomic mass is 10.3. The summed E-state index contributed by atoms with van der Waals surface area (Å²) in [5.74, 6) is -0.312. The van der Waals surface area contributed by atoms with E-state index in [-0.39, 0.29) is 11.9 Å². The third kappa shape index (κ3) is 1.47. The summed E-state index contributed by atoms with van der Waals surface area (Å²) in [4.78, 5) is 23.3. The molecule has 4 nitrogen and oxygen atoms in total. The molecule has 2 amide bonds. The maximum Gasteiger partial charge on any atom is 0.417 e. The molecule has 12 heavy (non-hydrogen) atoms. The molecule has 0 bridgehead atoms. The molecule has 0 spiro atoms. The van der Waals surface area contributed by atoms with Crippen LogP contribution in [-0.2, 0) is 9.53 Å². The number of carbonyl (C=O) groups is 2. The SMILES string of the molecule is C/C=C/C(=O)N1C(=O)OCC1C. The standard InChI is InChI=1S/C8H11NO3/c1-3-4-7(10)9-6(2)5-12-8(9)11/h3-4,6H,5H2,1-2H3/b4-3+. The average molecular weight is 169 g/mol. The highest BCUT2D eigenvalue weighted by Crippen LogP contribution is 2.11. The van der Waals surface area contributed by atoms with Crippen molar-refractivity contribution in [3.8, 4) is 0 Å². The van der Waals surface area contributed by atoms with Gasteiger partial charge in [-0.1, -0.05) is 6.08 Å². The van der Waals surface area contributed by atoms with Crippen molar-refractivity contribution in [2.24, 2.45) is 0 Å². The quantitative estimate of drug-likeness (QED) is 0.548. The highest BCUT2D eigenvalue weighted by atomic mass is 16.6. The molecule has 4 heteroatoms. The van der Waals surface area contributed by atoms with Gasteiger partial charge in [-0.15, -0.1) is 0 Å². The summed E-state index contributed by atoms with van der Waals surface area (Å²) in [5, 5.41) is 0. The Morgan fingerprint density at radius 3 is 2.83 bits per heavy atom. The summed E-state index contributed by atoms with van der Waals surface area (Å²) < 4.78 is 4.68. The Morgan fingerprint density at radius 2 is 2.42 bits per heavy atom. The van der Waals surface area contributed by atoms with Gasteiger partial charge < -0.3 is 4.74 Å². The number of imide groups is 1. The van der Waals surface area contributed by atoms with Gasteiger partial charge in [0, 0.05) is 0 Å². The second kappa shape index (κ2) is 3.38. The van der Waals surface area contributed by atoms with Crippen molar-refractivity contribution in [1.29, 1.82) is 0 Å². The van der Waals surface area contributed by atoms with E-state index in [4.69, 9.17) is 0 Å². The van der Waals surface area contributed by atoms with Crippen LogP contribution >= 0.6 is 0 Å². The molecule has 1 atom stereocenters. The predicted molar refractivity (Wildman–Crippen MR) is 42.5 cm³/mol. The fourth-order valence-electron chi connectivity index (χ4n) is 1.05. The molecule has 1 heterocycles. The summed E-state index contributed by atoms with van der Waals surface area (Å²) >= 11 is 0. The number of cyclic esters (lactones) is 1. The van der Waals surface area contributed by atoms with E-state index >= 15 is 0 Å². The first-order chi connectivity index (χ1) is 5.66. The summed E-state index contributed by atoms with van der Waals surface area (Å²) in [6, 6.07) is -0.152. The smallest absolute Gasteiger partial charge is 0.417 e. The van der Waals surface area contributed by atoms with Crippen LogP contribution in [0.4, 0.5) is 4.79 Å². The Bertz CT molecular complexity index is 234. The van der Waals surface area contributed by atoms with Gasteiger partial charge in [0.15, 0.2) is 0 Å². The summed E-state index contributed by atoms with van der Waals surface area (Å²) in [6.07, 6.45) is 2.40. The van der Waals surface area contributed by atoms with E-state index in [2.05, 4.69) is 4.74 Å². The Hall–Kier alpha value is -1.32. The number of nitrogens with zero attached hydrogens (tertiary/aromatic N) is 1. The Morgan fingerprint density at radius 1 is 1.75 bits per heavy atom. The van der Waals surface area contributed by atoms with Crippen molar-refractivity contribution < 1.29 is 14.3 Å². The van der Waals surface area contributed by atoms with E-state index in [1.807, 2.05) is 0 Å². The molecular weight excluding hydrogens is 158 g/mol. The van der Waals surface area contributed by atoms with Crippen molar-refractivity contribution in [2.45, 2.75) is 19.9 Å². The number of ether oxygens (including phenoxy) is 1. The van der Waals surface area contributed by atoms with Gasteiger partial charge in [0.25, 0.3) is 5.91 Å². The number of rotatable bonds is 1. The molecule has 0 radical (unpaired) electrons. The molecule has 0 N–H and O–H groups in total. The molecule has 1 unspecified atom stereocenters. The zero-order valence-electron chi connectivity index (χ0n) is 7.11. The third-order valence-electron chi connectivity index (χ3n) is 1.63. The molecule has 1 saturated heterocycles. The topological polar surface area (TPSA) is 46.6 Å². The monoisotopic (exact) mass is 169 g/mol. The molecular formula is C8H11NO3. The molecule has 1 fully saturated rings. The Balaban J connectivity index is 2.72. The second-order valence-electron chi connectivity index (χ2n) is 2.63. The Kier molecular flexibility index (Phi) is 2.47. The van der Waals surface area contributed by atoms with Crippen LogP contribution in [0.25, 0.3) is 0 Å². The first kappa shape index (κ1) is 8.77. The first-order valence-electron chi connectivity index (χ1n) is 3.79. The lowest BCUT2D eigenvalue weighted by Gasteiger charge is -2.12. The minimum atomic E-state index is -0.550. The van der Waals surface area contributed by atoms with Crippen molar-refractivity contribution in [3.05, 3.63) is 12.2 Å². The van der Waals surface area contributed by atoms with Crippen LogP contribution in [0.3, 0.4) is 0 Å². The van der Waals surface area contributed by atoms with Crippen molar-refractivity contribution in [1.82, 2.24) is 4.90 Å². The van der Waals surface area contributed by atoms with Crippen LogP contribution in [0.15, 0.2) is 12.2 Å². The van der Waals surface area contributed by atoms with Gasteiger partial charge in [0.05, 0.1) is 6.04 Å². The van der Waals surface area contributed by atoms with Gasteiger partial charge in [-0.2, -0.15) is 0 Å². The first-order valence-corrected chi connectivity index (χ1v) is 3.79. The van der Waals surface area contributed by atoms with Crippen molar-refractivity contribution >= 4 is 12.0 Å². The fraction of sp³-hybridized carbons (Fsp3) is 0.500. The molecule has 0 aromatic heterocycles. The van der Waals surface area contributed by atoms with Crippen LogP contribution in [0.5, 0.6) is 0 Å². The third-order valence-corrected chi connectivity index (χ3v) is 1.63.